The Morgan fingerprint density at radius 3 is 2.83 bits per heavy atom. The van der Waals surface area contributed by atoms with Gasteiger partial charge in [-0.05, 0) is 22.4 Å². The predicted molar refractivity (Wildman–Crippen MR) is 93.7 cm³/mol. The quantitative estimate of drug-likeness (QED) is 0.605. The molecule has 4 rings (SSSR count). The van der Waals surface area contributed by atoms with Crippen molar-refractivity contribution in [1.82, 2.24) is 19.7 Å². The molecule has 6 nitrogen and oxygen atoms in total. The summed E-state index contributed by atoms with van der Waals surface area (Å²) in [5, 5.41) is 21.1. The van der Waals surface area contributed by atoms with E-state index >= 15 is 0 Å². The minimum absolute atomic E-state index is 0.360. The number of hydrogen-bond donors (Lipinski definition) is 2. The summed E-state index contributed by atoms with van der Waals surface area (Å²) >= 11 is 0. The third-order valence-corrected chi connectivity index (χ3v) is 4.05. The number of rotatable bonds is 4. The molecule has 2 heterocycles. The lowest BCUT2D eigenvalue weighted by molar-refractivity contribution is 0.191. The number of aliphatic hydroxyl groups excluding tert-OH is 1. The van der Waals surface area contributed by atoms with Crippen LogP contribution in [0.4, 0.5) is 5.82 Å². The molecule has 0 aliphatic heterocycles. The van der Waals surface area contributed by atoms with Crippen molar-refractivity contribution in [2.24, 2.45) is 7.05 Å². The average Bonchev–Trinajstić information content (AvgIpc) is 3.00. The second kappa shape index (κ2) is 5.90. The Morgan fingerprint density at radius 1 is 1.12 bits per heavy atom. The lowest BCUT2D eigenvalue weighted by Crippen LogP contribution is -2.13. The third-order valence-electron chi connectivity index (χ3n) is 4.05. The highest BCUT2D eigenvalue weighted by atomic mass is 16.3. The number of benzene rings is 2. The maximum atomic E-state index is 10.5. The highest BCUT2D eigenvalue weighted by molar-refractivity contribution is 5.85. The number of anilines is 1. The number of hydrogen-bond acceptors (Lipinski definition) is 5. The molecule has 0 saturated heterocycles. The van der Waals surface area contributed by atoms with Gasteiger partial charge in [0, 0.05) is 19.8 Å². The molecule has 0 amide bonds. The molecule has 0 radical (unpaired) electrons. The summed E-state index contributed by atoms with van der Waals surface area (Å²) in [5.74, 6) is 0.674. The first kappa shape index (κ1) is 14.6. The molecule has 0 aliphatic rings. The summed E-state index contributed by atoms with van der Waals surface area (Å²) < 4.78 is 1.70. The Morgan fingerprint density at radius 2 is 1.96 bits per heavy atom. The van der Waals surface area contributed by atoms with Gasteiger partial charge in [0.15, 0.2) is 5.65 Å². The first-order chi connectivity index (χ1) is 11.7. The molecular formula is C18H17N5O. The van der Waals surface area contributed by atoms with Gasteiger partial charge in [-0.25, -0.2) is 9.97 Å². The van der Waals surface area contributed by atoms with E-state index in [0.717, 1.165) is 21.7 Å². The van der Waals surface area contributed by atoms with Crippen LogP contribution in [0.25, 0.3) is 21.8 Å². The molecule has 1 atom stereocenters. The van der Waals surface area contributed by atoms with Gasteiger partial charge in [0.2, 0.25) is 0 Å². The van der Waals surface area contributed by atoms with Crippen molar-refractivity contribution in [1.29, 1.82) is 0 Å². The molecule has 2 N–H and O–H groups in total. The van der Waals surface area contributed by atoms with Crippen LogP contribution in [0, 0.1) is 0 Å². The number of fused-ring (bicyclic) bond motifs is 2. The van der Waals surface area contributed by atoms with Crippen LogP contribution >= 0.6 is 0 Å². The van der Waals surface area contributed by atoms with Gasteiger partial charge >= 0.3 is 0 Å². The van der Waals surface area contributed by atoms with Crippen molar-refractivity contribution in [3.05, 3.63) is 60.6 Å². The van der Waals surface area contributed by atoms with Crippen LogP contribution in [0.1, 0.15) is 11.7 Å². The highest BCUT2D eigenvalue weighted by Crippen LogP contribution is 2.22. The summed E-state index contributed by atoms with van der Waals surface area (Å²) in [6.07, 6.45) is 2.71. The Kier molecular flexibility index (Phi) is 3.59. The molecule has 2 aromatic heterocycles. The van der Waals surface area contributed by atoms with E-state index in [2.05, 4.69) is 26.4 Å². The number of aliphatic hydroxyl groups is 1. The van der Waals surface area contributed by atoms with Crippen LogP contribution in [-0.2, 0) is 7.05 Å². The summed E-state index contributed by atoms with van der Waals surface area (Å²) in [7, 11) is 1.84. The molecule has 0 fully saturated rings. The van der Waals surface area contributed by atoms with Crippen LogP contribution in [0.5, 0.6) is 0 Å². The van der Waals surface area contributed by atoms with E-state index < -0.39 is 6.10 Å². The second-order valence-corrected chi connectivity index (χ2v) is 5.77. The molecule has 1 unspecified atom stereocenters. The monoisotopic (exact) mass is 319 g/mol. The molecule has 120 valence electrons. The maximum absolute atomic E-state index is 10.5. The van der Waals surface area contributed by atoms with Crippen molar-refractivity contribution >= 4 is 27.6 Å². The zero-order chi connectivity index (χ0) is 16.5. The van der Waals surface area contributed by atoms with Crippen LogP contribution < -0.4 is 5.32 Å². The Labute approximate surface area is 138 Å². The fraction of sp³-hybridized carbons (Fsp3) is 0.167. The molecule has 6 heteroatoms. The van der Waals surface area contributed by atoms with E-state index in [0.29, 0.717) is 18.0 Å². The number of nitrogens with zero attached hydrogens (tertiary/aromatic N) is 4. The molecule has 24 heavy (non-hydrogen) atoms. The van der Waals surface area contributed by atoms with Gasteiger partial charge in [0.25, 0.3) is 0 Å². The Bertz CT molecular complexity index is 1010. The topological polar surface area (TPSA) is 75.9 Å². The molecule has 0 saturated carbocycles. The van der Waals surface area contributed by atoms with E-state index in [4.69, 9.17) is 0 Å². The molecule has 4 aromatic rings. The number of aryl methyl sites for hydroxylation is 1. The van der Waals surface area contributed by atoms with Gasteiger partial charge in [-0.15, -0.1) is 0 Å². The number of nitrogens with one attached hydrogen (secondary N) is 1. The van der Waals surface area contributed by atoms with Crippen LogP contribution in [-0.4, -0.2) is 31.4 Å². The van der Waals surface area contributed by atoms with Crippen molar-refractivity contribution in [2.75, 3.05) is 11.9 Å². The predicted octanol–water partition coefficient (Wildman–Crippen LogP) is 2.66. The van der Waals surface area contributed by atoms with Crippen LogP contribution in [0.2, 0.25) is 0 Å². The third kappa shape index (κ3) is 2.68. The van der Waals surface area contributed by atoms with Crippen molar-refractivity contribution < 1.29 is 5.11 Å². The molecule has 0 bridgehead atoms. The second-order valence-electron chi connectivity index (χ2n) is 5.77. The van der Waals surface area contributed by atoms with E-state index in [1.807, 2.05) is 49.6 Å². The minimum atomic E-state index is -0.628. The van der Waals surface area contributed by atoms with Gasteiger partial charge in [-0.2, -0.15) is 5.10 Å². The maximum Gasteiger partial charge on any atom is 0.186 e. The minimum Gasteiger partial charge on any atom is -0.387 e. The van der Waals surface area contributed by atoms with E-state index in [9.17, 15) is 5.11 Å². The van der Waals surface area contributed by atoms with E-state index in [-0.39, 0.29) is 0 Å². The largest absolute Gasteiger partial charge is 0.387 e. The normalized spacial score (nSPS) is 12.6. The highest BCUT2D eigenvalue weighted by Gasteiger charge is 2.11. The van der Waals surface area contributed by atoms with Gasteiger partial charge in [-0.3, -0.25) is 4.68 Å². The zero-order valence-electron chi connectivity index (χ0n) is 13.2. The van der Waals surface area contributed by atoms with Gasteiger partial charge < -0.3 is 10.4 Å². The van der Waals surface area contributed by atoms with Gasteiger partial charge in [0.1, 0.15) is 12.1 Å². The molecular weight excluding hydrogens is 302 g/mol. The summed E-state index contributed by atoms with van der Waals surface area (Å²) in [6.45, 7) is 0.360. The zero-order valence-corrected chi connectivity index (χ0v) is 13.2. The van der Waals surface area contributed by atoms with Crippen LogP contribution in [0.3, 0.4) is 0 Å². The fourth-order valence-corrected chi connectivity index (χ4v) is 2.82. The van der Waals surface area contributed by atoms with Crippen LogP contribution in [0.15, 0.2) is 55.0 Å². The van der Waals surface area contributed by atoms with Gasteiger partial charge in [0.05, 0.1) is 11.5 Å². The standard InChI is InChI=1S/C18H17N5O/c1-23-10-15-17(20-11-21-18(15)22-23)19-9-16(24)14-7-6-12-4-2-3-5-13(12)8-14/h2-8,10-11,16,24H,9H2,1H3,(H,19,20,21,22). The lowest BCUT2D eigenvalue weighted by atomic mass is 10.0. The lowest BCUT2D eigenvalue weighted by Gasteiger charge is -2.13. The van der Waals surface area contributed by atoms with E-state index in [1.54, 1.807) is 4.68 Å². The fourth-order valence-electron chi connectivity index (χ4n) is 2.82. The molecule has 0 aliphatic carbocycles. The Hall–Kier alpha value is -2.99. The molecule has 2 aromatic carbocycles. The van der Waals surface area contributed by atoms with Gasteiger partial charge in [-0.1, -0.05) is 36.4 Å². The summed E-state index contributed by atoms with van der Waals surface area (Å²) in [4.78, 5) is 8.39. The Balaban J connectivity index is 1.55. The first-order valence-corrected chi connectivity index (χ1v) is 7.76. The van der Waals surface area contributed by atoms with Crippen molar-refractivity contribution in [3.8, 4) is 0 Å². The summed E-state index contributed by atoms with van der Waals surface area (Å²) in [5.41, 5.74) is 1.51. The summed E-state index contributed by atoms with van der Waals surface area (Å²) in [6, 6.07) is 14.1. The molecule has 0 spiro atoms. The smallest absolute Gasteiger partial charge is 0.186 e. The van der Waals surface area contributed by atoms with Crippen molar-refractivity contribution in [2.45, 2.75) is 6.10 Å². The van der Waals surface area contributed by atoms with E-state index in [1.165, 1.54) is 6.33 Å². The first-order valence-electron chi connectivity index (χ1n) is 7.76. The number of aromatic nitrogens is 4. The van der Waals surface area contributed by atoms with Crippen molar-refractivity contribution in [3.63, 3.8) is 0 Å². The SMILES string of the molecule is Cn1cc2c(NCC(O)c3ccc4ccccc4c3)ncnc2n1. The average molecular weight is 319 g/mol.